The van der Waals surface area contributed by atoms with E-state index in [-0.39, 0.29) is 0 Å². The van der Waals surface area contributed by atoms with Crippen LogP contribution in [-0.2, 0) is 4.79 Å². The smallest absolute Gasteiger partial charge is 0.303 e. The van der Waals surface area contributed by atoms with Crippen molar-refractivity contribution in [1.29, 1.82) is 0 Å². The van der Waals surface area contributed by atoms with Gasteiger partial charge in [-0.25, -0.2) is 0 Å². The molecule has 1 rings (SSSR count). The highest BCUT2D eigenvalue weighted by atomic mass is 16.4. The van der Waals surface area contributed by atoms with Crippen molar-refractivity contribution in [1.82, 2.24) is 5.32 Å². The molecule has 1 unspecified atom stereocenters. The van der Waals surface area contributed by atoms with E-state index in [1.807, 2.05) is 0 Å². The second kappa shape index (κ2) is 6.02. The van der Waals surface area contributed by atoms with Crippen LogP contribution in [-0.4, -0.2) is 24.2 Å². The molecule has 14 heavy (non-hydrogen) atoms. The molecule has 0 amide bonds. The zero-order chi connectivity index (χ0) is 10.4. The Kier molecular flexibility index (Phi) is 4.94. The van der Waals surface area contributed by atoms with Gasteiger partial charge >= 0.3 is 5.97 Å². The molecule has 1 saturated heterocycles. The molecule has 0 aliphatic carbocycles. The predicted molar refractivity (Wildman–Crippen MR) is 56.2 cm³/mol. The summed E-state index contributed by atoms with van der Waals surface area (Å²) in [5.41, 5.74) is 0. The molecule has 1 atom stereocenters. The van der Waals surface area contributed by atoms with Crippen molar-refractivity contribution in [2.45, 2.75) is 39.0 Å². The Balaban J connectivity index is 2.13. The second-order valence-electron chi connectivity index (χ2n) is 4.35. The van der Waals surface area contributed by atoms with Crippen LogP contribution in [0.25, 0.3) is 0 Å². The van der Waals surface area contributed by atoms with Crippen molar-refractivity contribution in [3.05, 3.63) is 0 Å². The van der Waals surface area contributed by atoms with Crippen molar-refractivity contribution in [2.24, 2.45) is 11.8 Å². The lowest BCUT2D eigenvalue weighted by Crippen LogP contribution is -2.30. The Labute approximate surface area is 85.9 Å². The summed E-state index contributed by atoms with van der Waals surface area (Å²) in [7, 11) is 0. The molecule has 0 saturated carbocycles. The fraction of sp³-hybridized carbons (Fsp3) is 0.909. The Morgan fingerprint density at radius 1 is 1.50 bits per heavy atom. The van der Waals surface area contributed by atoms with Gasteiger partial charge in [-0.05, 0) is 50.6 Å². The molecular weight excluding hydrogens is 178 g/mol. The van der Waals surface area contributed by atoms with Crippen molar-refractivity contribution < 1.29 is 9.90 Å². The average molecular weight is 199 g/mol. The highest BCUT2D eigenvalue weighted by Gasteiger charge is 2.19. The van der Waals surface area contributed by atoms with Crippen LogP contribution in [0.5, 0.6) is 0 Å². The summed E-state index contributed by atoms with van der Waals surface area (Å²) in [6, 6.07) is 0. The van der Waals surface area contributed by atoms with E-state index in [0.29, 0.717) is 12.3 Å². The van der Waals surface area contributed by atoms with E-state index in [1.54, 1.807) is 0 Å². The number of piperidine rings is 1. The van der Waals surface area contributed by atoms with Crippen molar-refractivity contribution in [3.63, 3.8) is 0 Å². The lowest BCUT2D eigenvalue weighted by atomic mass is 9.83. The van der Waals surface area contributed by atoms with Gasteiger partial charge in [-0.15, -0.1) is 0 Å². The standard InChI is InChI=1S/C11H21NO2/c1-9(3-2-4-11(13)14)10-5-7-12-8-6-10/h9-10,12H,2-8H2,1H3,(H,13,14). The maximum Gasteiger partial charge on any atom is 0.303 e. The number of carbonyl (C=O) groups is 1. The van der Waals surface area contributed by atoms with Crippen molar-refractivity contribution in [3.8, 4) is 0 Å². The van der Waals surface area contributed by atoms with Crippen LogP contribution >= 0.6 is 0 Å². The topological polar surface area (TPSA) is 49.3 Å². The molecule has 0 aromatic carbocycles. The molecule has 0 bridgehead atoms. The van der Waals surface area contributed by atoms with Gasteiger partial charge in [-0.1, -0.05) is 6.92 Å². The third-order valence-electron chi connectivity index (χ3n) is 3.24. The van der Waals surface area contributed by atoms with E-state index < -0.39 is 5.97 Å². The molecule has 82 valence electrons. The van der Waals surface area contributed by atoms with Gasteiger partial charge in [-0.2, -0.15) is 0 Å². The Morgan fingerprint density at radius 2 is 2.14 bits per heavy atom. The molecule has 1 fully saturated rings. The molecule has 0 aromatic heterocycles. The van der Waals surface area contributed by atoms with E-state index in [4.69, 9.17) is 5.11 Å². The van der Waals surface area contributed by atoms with Gasteiger partial charge in [0.1, 0.15) is 0 Å². The van der Waals surface area contributed by atoms with E-state index in [9.17, 15) is 4.79 Å². The van der Waals surface area contributed by atoms with Crippen molar-refractivity contribution in [2.75, 3.05) is 13.1 Å². The fourth-order valence-electron chi connectivity index (χ4n) is 2.22. The van der Waals surface area contributed by atoms with Gasteiger partial charge in [0.15, 0.2) is 0 Å². The summed E-state index contributed by atoms with van der Waals surface area (Å²) < 4.78 is 0. The molecule has 0 radical (unpaired) electrons. The summed E-state index contributed by atoms with van der Waals surface area (Å²) in [5, 5.41) is 11.9. The zero-order valence-electron chi connectivity index (χ0n) is 8.96. The van der Waals surface area contributed by atoms with Crippen LogP contribution in [0.2, 0.25) is 0 Å². The summed E-state index contributed by atoms with van der Waals surface area (Å²) in [5.74, 6) is 0.837. The quantitative estimate of drug-likeness (QED) is 0.710. The Hall–Kier alpha value is -0.570. The average Bonchev–Trinajstić information content (AvgIpc) is 2.18. The lowest BCUT2D eigenvalue weighted by molar-refractivity contribution is -0.137. The molecule has 3 nitrogen and oxygen atoms in total. The number of carboxylic acids is 1. The first-order chi connectivity index (χ1) is 6.70. The molecule has 3 heteroatoms. The Bertz CT molecular complexity index is 176. The number of carboxylic acid groups (broad SMARTS) is 1. The van der Waals surface area contributed by atoms with Crippen LogP contribution in [0.1, 0.15) is 39.0 Å². The van der Waals surface area contributed by atoms with Crippen LogP contribution in [0.4, 0.5) is 0 Å². The SMILES string of the molecule is CC(CCCC(=O)O)C1CCNCC1. The molecule has 1 aliphatic heterocycles. The highest BCUT2D eigenvalue weighted by molar-refractivity contribution is 5.66. The molecule has 1 heterocycles. The summed E-state index contributed by atoms with van der Waals surface area (Å²) in [6.07, 6.45) is 4.75. The van der Waals surface area contributed by atoms with Gasteiger partial charge in [0.05, 0.1) is 0 Å². The molecular formula is C11H21NO2. The van der Waals surface area contributed by atoms with Crippen LogP contribution in [0, 0.1) is 11.8 Å². The number of aliphatic carboxylic acids is 1. The number of hydrogen-bond acceptors (Lipinski definition) is 2. The minimum atomic E-state index is -0.664. The molecule has 2 N–H and O–H groups in total. The van der Waals surface area contributed by atoms with Gasteiger partial charge in [-0.3, -0.25) is 4.79 Å². The molecule has 1 aliphatic rings. The lowest BCUT2D eigenvalue weighted by Gasteiger charge is -2.28. The largest absolute Gasteiger partial charge is 0.481 e. The predicted octanol–water partition coefficient (Wildman–Crippen LogP) is 1.88. The van der Waals surface area contributed by atoms with E-state index in [0.717, 1.165) is 31.8 Å². The zero-order valence-corrected chi connectivity index (χ0v) is 8.96. The monoisotopic (exact) mass is 199 g/mol. The minimum Gasteiger partial charge on any atom is -0.481 e. The number of hydrogen-bond donors (Lipinski definition) is 2. The maximum atomic E-state index is 10.3. The van der Waals surface area contributed by atoms with Gasteiger partial charge < -0.3 is 10.4 Å². The summed E-state index contributed by atoms with van der Waals surface area (Å²) >= 11 is 0. The van der Waals surface area contributed by atoms with Crippen LogP contribution < -0.4 is 5.32 Å². The molecule has 0 spiro atoms. The first-order valence-electron chi connectivity index (χ1n) is 5.62. The summed E-state index contributed by atoms with van der Waals surface area (Å²) in [6.45, 7) is 4.53. The normalized spacial score (nSPS) is 20.6. The van der Waals surface area contributed by atoms with E-state index in [1.165, 1.54) is 12.8 Å². The highest BCUT2D eigenvalue weighted by Crippen LogP contribution is 2.25. The van der Waals surface area contributed by atoms with Crippen LogP contribution in [0.3, 0.4) is 0 Å². The third kappa shape index (κ3) is 4.09. The first-order valence-corrected chi connectivity index (χ1v) is 5.62. The molecule has 0 aromatic rings. The van der Waals surface area contributed by atoms with Gasteiger partial charge in [0.2, 0.25) is 0 Å². The number of rotatable bonds is 5. The summed E-state index contributed by atoms with van der Waals surface area (Å²) in [4.78, 5) is 10.3. The first kappa shape index (κ1) is 11.5. The minimum absolute atomic E-state index is 0.329. The second-order valence-corrected chi connectivity index (χ2v) is 4.35. The number of nitrogens with one attached hydrogen (secondary N) is 1. The van der Waals surface area contributed by atoms with E-state index >= 15 is 0 Å². The van der Waals surface area contributed by atoms with Crippen molar-refractivity contribution >= 4 is 5.97 Å². The third-order valence-corrected chi connectivity index (χ3v) is 3.24. The van der Waals surface area contributed by atoms with Gasteiger partial charge in [0.25, 0.3) is 0 Å². The fourth-order valence-corrected chi connectivity index (χ4v) is 2.22. The van der Waals surface area contributed by atoms with E-state index in [2.05, 4.69) is 12.2 Å². The Morgan fingerprint density at radius 3 is 2.71 bits per heavy atom. The maximum absolute atomic E-state index is 10.3. The van der Waals surface area contributed by atoms with Crippen LogP contribution in [0.15, 0.2) is 0 Å². The van der Waals surface area contributed by atoms with Gasteiger partial charge in [0, 0.05) is 6.42 Å².